The molecule has 0 spiro atoms. The molecule has 0 fully saturated rings. The minimum atomic E-state index is -4.21. The Morgan fingerprint density at radius 3 is 2.17 bits per heavy atom. The molecule has 0 saturated carbocycles. The number of carbonyl (C=O) groups is 2. The maximum Gasteiger partial charge on any atom is 0.328 e. The van der Waals surface area contributed by atoms with Gasteiger partial charge >= 0.3 is 12.0 Å². The largest absolute Gasteiger partial charge is 0.493 e. The topological polar surface area (TPSA) is 143 Å². The summed E-state index contributed by atoms with van der Waals surface area (Å²) in [5, 5.41) is 14.2. The van der Waals surface area contributed by atoms with Crippen molar-refractivity contribution in [2.75, 3.05) is 29.6 Å². The number of anilines is 3. The number of para-hydroxylation sites is 1. The number of urea groups is 1. The molecule has 0 bridgehead atoms. The van der Waals surface area contributed by atoms with Gasteiger partial charge in [-0.2, -0.15) is 0 Å². The maximum atomic E-state index is 13.2. The number of ether oxygens (including phenoxy) is 2. The summed E-state index contributed by atoms with van der Waals surface area (Å²) in [6.07, 6.45) is 2.11. The third-order valence-corrected chi connectivity index (χ3v) is 5.97. The van der Waals surface area contributed by atoms with Gasteiger partial charge in [-0.25, -0.2) is 18.0 Å². The Bertz CT molecular complexity index is 1360. The van der Waals surface area contributed by atoms with Crippen molar-refractivity contribution in [3.05, 3.63) is 78.4 Å². The monoisotopic (exact) mass is 497 g/mol. The summed E-state index contributed by atoms with van der Waals surface area (Å²) in [5.41, 5.74) is 1.40. The van der Waals surface area contributed by atoms with Crippen molar-refractivity contribution in [2.45, 2.75) is 4.90 Å². The highest BCUT2D eigenvalue weighted by atomic mass is 32.2. The molecule has 0 radical (unpaired) electrons. The molecule has 182 valence electrons. The highest BCUT2D eigenvalue weighted by Gasteiger charge is 2.24. The Kier molecular flexibility index (Phi) is 7.95. The first-order valence-corrected chi connectivity index (χ1v) is 11.6. The Balaban J connectivity index is 1.86. The van der Waals surface area contributed by atoms with Crippen molar-refractivity contribution in [3.63, 3.8) is 0 Å². The second-order valence-electron chi connectivity index (χ2n) is 7.06. The van der Waals surface area contributed by atoms with E-state index in [-0.39, 0.29) is 27.6 Å². The quantitative estimate of drug-likeness (QED) is 0.324. The second kappa shape index (κ2) is 11.1. The standard InChI is InChI=1S/C24H23N3O7S/c1-33-20-13-16(11-12-22(28)29)14-21(23(20)34-2)35(31,32)27-19-10-6-9-18(15-19)26-24(30)25-17-7-4-3-5-8-17/h3-15,27H,1-2H3,(H,28,29)(H2,25,26,30)/b12-11+. The number of carboxylic acid groups (broad SMARTS) is 1. The molecule has 11 heteroatoms. The minimum Gasteiger partial charge on any atom is -0.493 e. The van der Waals surface area contributed by atoms with Crippen molar-refractivity contribution in [1.82, 2.24) is 0 Å². The summed E-state index contributed by atoms with van der Waals surface area (Å²) in [4.78, 5) is 22.9. The molecule has 0 aliphatic carbocycles. The van der Waals surface area contributed by atoms with Crippen LogP contribution in [0.4, 0.5) is 21.9 Å². The van der Waals surface area contributed by atoms with Gasteiger partial charge in [-0.1, -0.05) is 24.3 Å². The Morgan fingerprint density at radius 1 is 0.857 bits per heavy atom. The molecule has 3 rings (SSSR count). The van der Waals surface area contributed by atoms with E-state index < -0.39 is 22.0 Å². The number of rotatable bonds is 9. The molecular weight excluding hydrogens is 474 g/mol. The van der Waals surface area contributed by atoms with Gasteiger partial charge in [0.05, 0.1) is 19.9 Å². The maximum absolute atomic E-state index is 13.2. The smallest absolute Gasteiger partial charge is 0.328 e. The van der Waals surface area contributed by atoms with Crippen LogP contribution in [0.3, 0.4) is 0 Å². The van der Waals surface area contributed by atoms with E-state index in [1.165, 1.54) is 44.6 Å². The molecule has 0 heterocycles. The average molecular weight is 498 g/mol. The van der Waals surface area contributed by atoms with Crippen molar-refractivity contribution >= 4 is 45.2 Å². The van der Waals surface area contributed by atoms with Crippen LogP contribution < -0.4 is 24.8 Å². The molecule has 0 aliphatic heterocycles. The summed E-state index contributed by atoms with van der Waals surface area (Å²) in [5.74, 6) is -1.14. The Morgan fingerprint density at radius 2 is 1.51 bits per heavy atom. The van der Waals surface area contributed by atoms with Crippen LogP contribution in [0.1, 0.15) is 5.56 Å². The van der Waals surface area contributed by atoms with Gasteiger partial charge in [0.25, 0.3) is 10.0 Å². The molecule has 10 nitrogen and oxygen atoms in total. The second-order valence-corrected chi connectivity index (χ2v) is 8.71. The van der Waals surface area contributed by atoms with Gasteiger partial charge < -0.3 is 25.2 Å². The van der Waals surface area contributed by atoms with E-state index in [1.807, 2.05) is 6.07 Å². The van der Waals surface area contributed by atoms with Gasteiger partial charge in [0.2, 0.25) is 0 Å². The molecule has 0 saturated heterocycles. The zero-order valence-electron chi connectivity index (χ0n) is 18.8. The normalized spacial score (nSPS) is 11.0. The van der Waals surface area contributed by atoms with E-state index in [0.29, 0.717) is 11.4 Å². The first-order chi connectivity index (χ1) is 16.7. The fourth-order valence-electron chi connectivity index (χ4n) is 3.10. The van der Waals surface area contributed by atoms with Gasteiger partial charge in [0.15, 0.2) is 11.5 Å². The van der Waals surface area contributed by atoms with Crippen LogP contribution >= 0.6 is 0 Å². The number of methoxy groups -OCH3 is 2. The lowest BCUT2D eigenvalue weighted by molar-refractivity contribution is -0.131. The van der Waals surface area contributed by atoms with Gasteiger partial charge in [-0.3, -0.25) is 4.72 Å². The van der Waals surface area contributed by atoms with Crippen LogP contribution in [0.15, 0.2) is 77.7 Å². The lowest BCUT2D eigenvalue weighted by Crippen LogP contribution is -2.19. The van der Waals surface area contributed by atoms with E-state index in [4.69, 9.17) is 14.6 Å². The molecule has 0 aliphatic rings. The lowest BCUT2D eigenvalue weighted by atomic mass is 10.2. The predicted molar refractivity (Wildman–Crippen MR) is 133 cm³/mol. The molecule has 2 amide bonds. The summed E-state index contributed by atoms with van der Waals surface area (Å²) >= 11 is 0. The average Bonchev–Trinajstić information content (AvgIpc) is 2.82. The first-order valence-electron chi connectivity index (χ1n) is 10.1. The van der Waals surface area contributed by atoms with Gasteiger partial charge in [-0.15, -0.1) is 0 Å². The van der Waals surface area contributed by atoms with Crippen molar-refractivity contribution in [1.29, 1.82) is 0 Å². The number of amides is 2. The fourth-order valence-corrected chi connectivity index (χ4v) is 4.37. The fraction of sp³-hybridized carbons (Fsp3) is 0.0833. The molecule has 0 atom stereocenters. The summed E-state index contributed by atoms with van der Waals surface area (Å²) in [6, 6.07) is 17.2. The lowest BCUT2D eigenvalue weighted by Gasteiger charge is -2.16. The van der Waals surface area contributed by atoms with Gasteiger partial charge in [0, 0.05) is 17.5 Å². The Labute approximate surface area is 202 Å². The number of aliphatic carboxylic acids is 1. The molecule has 4 N–H and O–H groups in total. The van der Waals surface area contributed by atoms with Crippen LogP contribution in [-0.4, -0.2) is 39.7 Å². The van der Waals surface area contributed by atoms with Gasteiger partial charge in [0.1, 0.15) is 4.90 Å². The van der Waals surface area contributed by atoms with E-state index in [1.54, 1.807) is 36.4 Å². The SMILES string of the molecule is COc1cc(/C=C/C(=O)O)cc(S(=O)(=O)Nc2cccc(NC(=O)Nc3ccccc3)c2)c1OC. The third kappa shape index (κ3) is 6.74. The van der Waals surface area contributed by atoms with Crippen molar-refractivity contribution in [2.24, 2.45) is 0 Å². The van der Waals surface area contributed by atoms with Crippen LogP contribution in [-0.2, 0) is 14.8 Å². The molecule has 35 heavy (non-hydrogen) atoms. The number of hydrogen-bond acceptors (Lipinski definition) is 6. The minimum absolute atomic E-state index is 0.0519. The number of sulfonamides is 1. The zero-order chi connectivity index (χ0) is 25.4. The van der Waals surface area contributed by atoms with Crippen molar-refractivity contribution < 1.29 is 32.6 Å². The van der Waals surface area contributed by atoms with Crippen LogP contribution in [0.25, 0.3) is 6.08 Å². The van der Waals surface area contributed by atoms with Crippen LogP contribution in [0.2, 0.25) is 0 Å². The van der Waals surface area contributed by atoms with Crippen LogP contribution in [0, 0.1) is 0 Å². The molecule has 0 unspecified atom stereocenters. The van der Waals surface area contributed by atoms with Gasteiger partial charge in [-0.05, 0) is 54.1 Å². The van der Waals surface area contributed by atoms with E-state index in [0.717, 1.165) is 6.08 Å². The molecular formula is C24H23N3O7S. The van der Waals surface area contributed by atoms with E-state index in [9.17, 15) is 18.0 Å². The molecule has 0 aromatic heterocycles. The Hall–Kier alpha value is -4.51. The molecule has 3 aromatic rings. The number of carboxylic acids is 1. The van der Waals surface area contributed by atoms with Crippen LogP contribution in [0.5, 0.6) is 11.5 Å². The predicted octanol–water partition coefficient (Wildman–Crippen LogP) is 4.25. The number of nitrogens with one attached hydrogen (secondary N) is 3. The summed E-state index contributed by atoms with van der Waals surface area (Å²) in [7, 11) is -1.58. The summed E-state index contributed by atoms with van der Waals surface area (Å²) in [6.45, 7) is 0. The molecule has 3 aromatic carbocycles. The highest BCUT2D eigenvalue weighted by Crippen LogP contribution is 2.37. The highest BCUT2D eigenvalue weighted by molar-refractivity contribution is 7.92. The third-order valence-electron chi connectivity index (χ3n) is 4.58. The first kappa shape index (κ1) is 25.1. The van der Waals surface area contributed by atoms with E-state index in [2.05, 4.69) is 15.4 Å². The number of carbonyl (C=O) groups excluding carboxylic acids is 1. The van der Waals surface area contributed by atoms with E-state index >= 15 is 0 Å². The summed E-state index contributed by atoms with van der Waals surface area (Å²) < 4.78 is 39.4. The number of hydrogen-bond donors (Lipinski definition) is 4. The van der Waals surface area contributed by atoms with Crippen molar-refractivity contribution in [3.8, 4) is 11.5 Å². The zero-order valence-corrected chi connectivity index (χ0v) is 19.6. The number of benzene rings is 3.